The Balaban J connectivity index is 2.38. The van der Waals surface area contributed by atoms with Gasteiger partial charge in [-0.1, -0.05) is 17.7 Å². The summed E-state index contributed by atoms with van der Waals surface area (Å²) >= 11 is 9.44. The van der Waals surface area contributed by atoms with E-state index in [0.29, 0.717) is 0 Å². The number of hydrogen-bond acceptors (Lipinski definition) is 2. The first-order valence-electron chi connectivity index (χ1n) is 5.22. The van der Waals surface area contributed by atoms with Crippen molar-refractivity contribution in [3.8, 4) is 0 Å². The third kappa shape index (κ3) is 2.70. The normalized spacial score (nSPS) is 12.7. The molecule has 0 saturated carbocycles. The second-order valence-corrected chi connectivity index (χ2v) is 5.10. The maximum Gasteiger partial charge on any atom is 0.0605 e. The van der Waals surface area contributed by atoms with E-state index in [1.807, 2.05) is 44.7 Å². The maximum atomic E-state index is 5.99. The van der Waals surface area contributed by atoms with E-state index < -0.39 is 0 Å². The van der Waals surface area contributed by atoms with Gasteiger partial charge >= 0.3 is 0 Å². The Morgan fingerprint density at radius 2 is 2.18 bits per heavy atom. The molecule has 5 heteroatoms. The fourth-order valence-corrected chi connectivity index (χ4v) is 2.32. The number of aromatic nitrogens is 2. The van der Waals surface area contributed by atoms with Crippen LogP contribution in [0.25, 0.3) is 0 Å². The molecule has 3 nitrogen and oxygen atoms in total. The molecule has 0 fully saturated rings. The van der Waals surface area contributed by atoms with Gasteiger partial charge < -0.3 is 5.32 Å². The molecule has 0 aliphatic heterocycles. The summed E-state index contributed by atoms with van der Waals surface area (Å²) < 4.78 is 2.70. The molecule has 0 aliphatic rings. The Kier molecular flexibility index (Phi) is 3.86. The number of rotatable bonds is 3. The van der Waals surface area contributed by atoms with E-state index in [1.54, 1.807) is 4.68 Å². The van der Waals surface area contributed by atoms with Gasteiger partial charge in [-0.05, 0) is 40.7 Å². The molecule has 0 bridgehead atoms. The highest BCUT2D eigenvalue weighted by molar-refractivity contribution is 9.10. The second-order valence-electron chi connectivity index (χ2n) is 3.84. The highest BCUT2D eigenvalue weighted by Crippen LogP contribution is 2.28. The standard InChI is InChI=1S/C12H13BrClN3/c1-15-12(9-6-16-17(2)7-9)8-3-4-11(14)10(13)5-8/h3-7,12,15H,1-2H3. The Morgan fingerprint density at radius 1 is 1.41 bits per heavy atom. The topological polar surface area (TPSA) is 29.9 Å². The predicted molar refractivity (Wildman–Crippen MR) is 73.3 cm³/mol. The average Bonchev–Trinajstić information content (AvgIpc) is 2.71. The van der Waals surface area contributed by atoms with Crippen LogP contribution in [0.4, 0.5) is 0 Å². The molecular weight excluding hydrogens is 302 g/mol. The summed E-state index contributed by atoms with van der Waals surface area (Å²) in [5, 5.41) is 8.18. The number of benzene rings is 1. The first-order chi connectivity index (χ1) is 8.11. The van der Waals surface area contributed by atoms with Gasteiger partial charge in [0, 0.05) is 23.3 Å². The smallest absolute Gasteiger partial charge is 0.0605 e. The van der Waals surface area contributed by atoms with Crippen molar-refractivity contribution >= 4 is 27.5 Å². The van der Waals surface area contributed by atoms with Crippen LogP contribution in [0.15, 0.2) is 35.1 Å². The van der Waals surface area contributed by atoms with Crippen molar-refractivity contribution in [3.63, 3.8) is 0 Å². The quantitative estimate of drug-likeness (QED) is 0.943. The number of nitrogens with zero attached hydrogens (tertiary/aromatic N) is 2. The largest absolute Gasteiger partial charge is 0.309 e. The van der Waals surface area contributed by atoms with Gasteiger partial charge in [0.25, 0.3) is 0 Å². The SMILES string of the molecule is CNC(c1ccc(Cl)c(Br)c1)c1cnn(C)c1. The molecule has 1 aromatic heterocycles. The van der Waals surface area contributed by atoms with Crippen molar-refractivity contribution in [3.05, 3.63) is 51.2 Å². The number of halogens is 2. The van der Waals surface area contributed by atoms with Crippen LogP contribution in [0.2, 0.25) is 5.02 Å². The molecule has 90 valence electrons. The van der Waals surface area contributed by atoms with Crippen molar-refractivity contribution in [2.24, 2.45) is 7.05 Å². The molecule has 0 radical (unpaired) electrons. The summed E-state index contributed by atoms with van der Waals surface area (Å²) in [6, 6.07) is 6.05. The van der Waals surface area contributed by atoms with Crippen LogP contribution in [0, 0.1) is 0 Å². The zero-order valence-corrected chi connectivity index (χ0v) is 12.0. The molecule has 2 rings (SSSR count). The van der Waals surface area contributed by atoms with E-state index >= 15 is 0 Å². The third-order valence-corrected chi connectivity index (χ3v) is 3.84. The summed E-state index contributed by atoms with van der Waals surface area (Å²) in [4.78, 5) is 0. The lowest BCUT2D eigenvalue weighted by Crippen LogP contribution is -2.17. The highest BCUT2D eigenvalue weighted by Gasteiger charge is 2.14. The number of aryl methyl sites for hydroxylation is 1. The minimum Gasteiger partial charge on any atom is -0.309 e. The number of nitrogens with one attached hydrogen (secondary N) is 1. The zero-order chi connectivity index (χ0) is 12.4. The maximum absolute atomic E-state index is 5.99. The highest BCUT2D eigenvalue weighted by atomic mass is 79.9. The Bertz CT molecular complexity index is 524. The first-order valence-corrected chi connectivity index (χ1v) is 6.39. The molecule has 1 N–H and O–H groups in total. The lowest BCUT2D eigenvalue weighted by molar-refractivity contribution is 0.689. The van der Waals surface area contributed by atoms with Gasteiger partial charge in [-0.15, -0.1) is 0 Å². The monoisotopic (exact) mass is 313 g/mol. The summed E-state index contributed by atoms with van der Waals surface area (Å²) in [5.41, 5.74) is 2.28. The van der Waals surface area contributed by atoms with E-state index in [9.17, 15) is 0 Å². The van der Waals surface area contributed by atoms with Crippen molar-refractivity contribution < 1.29 is 0 Å². The van der Waals surface area contributed by atoms with Crippen LogP contribution in [0.5, 0.6) is 0 Å². The lowest BCUT2D eigenvalue weighted by atomic mass is 10.0. The Labute approximate surface area is 114 Å². The molecule has 17 heavy (non-hydrogen) atoms. The van der Waals surface area contributed by atoms with Crippen LogP contribution in [0.3, 0.4) is 0 Å². The van der Waals surface area contributed by atoms with E-state index in [2.05, 4.69) is 26.3 Å². The van der Waals surface area contributed by atoms with Gasteiger partial charge in [0.15, 0.2) is 0 Å². The van der Waals surface area contributed by atoms with Gasteiger partial charge in [-0.25, -0.2) is 0 Å². The minimum atomic E-state index is 0.122. The van der Waals surface area contributed by atoms with E-state index in [0.717, 1.165) is 20.6 Å². The molecule has 1 heterocycles. The van der Waals surface area contributed by atoms with Gasteiger partial charge in [-0.2, -0.15) is 5.10 Å². The summed E-state index contributed by atoms with van der Waals surface area (Å²) in [6.07, 6.45) is 3.87. The van der Waals surface area contributed by atoms with Crippen LogP contribution >= 0.6 is 27.5 Å². The van der Waals surface area contributed by atoms with Gasteiger partial charge in [0.2, 0.25) is 0 Å². The summed E-state index contributed by atoms with van der Waals surface area (Å²) in [7, 11) is 3.84. The molecule has 1 atom stereocenters. The molecule has 2 aromatic rings. The molecule has 0 aliphatic carbocycles. The van der Waals surface area contributed by atoms with Crippen molar-refractivity contribution in [1.82, 2.24) is 15.1 Å². The van der Waals surface area contributed by atoms with Crippen LogP contribution in [-0.2, 0) is 7.05 Å². The molecule has 1 unspecified atom stereocenters. The van der Waals surface area contributed by atoms with E-state index in [4.69, 9.17) is 11.6 Å². The molecular formula is C12H13BrClN3. The molecule has 0 spiro atoms. The lowest BCUT2D eigenvalue weighted by Gasteiger charge is -2.15. The van der Waals surface area contributed by atoms with Crippen LogP contribution < -0.4 is 5.32 Å². The average molecular weight is 315 g/mol. The third-order valence-electron chi connectivity index (χ3n) is 2.62. The van der Waals surface area contributed by atoms with Crippen molar-refractivity contribution in [2.75, 3.05) is 7.05 Å². The number of hydrogen-bond donors (Lipinski definition) is 1. The molecule has 1 aromatic carbocycles. The predicted octanol–water partition coefficient (Wildman–Crippen LogP) is 3.14. The van der Waals surface area contributed by atoms with Crippen LogP contribution in [-0.4, -0.2) is 16.8 Å². The molecule has 0 amide bonds. The Morgan fingerprint density at radius 3 is 2.71 bits per heavy atom. The zero-order valence-electron chi connectivity index (χ0n) is 9.61. The van der Waals surface area contributed by atoms with E-state index in [-0.39, 0.29) is 6.04 Å². The summed E-state index contributed by atoms with van der Waals surface area (Å²) in [5.74, 6) is 0. The fourth-order valence-electron chi connectivity index (χ4n) is 1.81. The van der Waals surface area contributed by atoms with Gasteiger partial charge in [0.05, 0.1) is 17.3 Å². The van der Waals surface area contributed by atoms with Crippen molar-refractivity contribution in [2.45, 2.75) is 6.04 Å². The second kappa shape index (κ2) is 5.21. The first kappa shape index (κ1) is 12.6. The summed E-state index contributed by atoms with van der Waals surface area (Å²) in [6.45, 7) is 0. The van der Waals surface area contributed by atoms with E-state index in [1.165, 1.54) is 0 Å². The van der Waals surface area contributed by atoms with Crippen molar-refractivity contribution in [1.29, 1.82) is 0 Å². The Hall–Kier alpha value is -0.840. The fraction of sp³-hybridized carbons (Fsp3) is 0.250. The van der Waals surface area contributed by atoms with Gasteiger partial charge in [-0.3, -0.25) is 4.68 Å². The minimum absolute atomic E-state index is 0.122. The van der Waals surface area contributed by atoms with Gasteiger partial charge in [0.1, 0.15) is 0 Å². The molecule has 0 saturated heterocycles. The van der Waals surface area contributed by atoms with Crippen LogP contribution in [0.1, 0.15) is 17.2 Å².